The van der Waals surface area contributed by atoms with Crippen molar-refractivity contribution in [2.75, 3.05) is 129 Å². The van der Waals surface area contributed by atoms with Crippen LogP contribution in [-0.4, -0.2) is 149 Å². The molecule has 3 fully saturated rings. The number of likely N-dealkylation sites (tertiary alicyclic amines) is 3. The van der Waals surface area contributed by atoms with E-state index >= 15 is 0 Å². The Labute approximate surface area is 490 Å². The molecule has 3 aliphatic heterocycles. The number of thiophene rings is 3. The van der Waals surface area contributed by atoms with Crippen molar-refractivity contribution < 1.29 is 54.0 Å². The van der Waals surface area contributed by atoms with Gasteiger partial charge in [0.25, 0.3) is 0 Å². The summed E-state index contributed by atoms with van der Waals surface area (Å²) in [5, 5.41) is 39.0. The molecule has 4 N–H and O–H groups in total. The van der Waals surface area contributed by atoms with E-state index in [1.165, 1.54) is 65.6 Å². The van der Waals surface area contributed by atoms with Gasteiger partial charge in [0.15, 0.2) is 0 Å². The molecule has 3 aliphatic rings. The molecule has 6 aromatic rings. The molecule has 0 aliphatic carbocycles. The molecule has 6 heterocycles. The second-order valence-corrected chi connectivity index (χ2v) is 23.2. The Balaban J connectivity index is 0.000000194. The maximum Gasteiger partial charge on any atom is 1.00 e. The van der Waals surface area contributed by atoms with Gasteiger partial charge in [0.05, 0.1) is 38.6 Å². The van der Waals surface area contributed by atoms with E-state index in [1.807, 2.05) is 82.5 Å². The van der Waals surface area contributed by atoms with Crippen molar-refractivity contribution in [1.29, 1.82) is 0 Å². The SMILES string of the molecule is CCC1(Nc2ccccc2)CCN(CCc2cccs2)CC1.COCCOCCOC.OCC1(Nc2ccccc2)CCN(CCc2cccs2)CC1.[Na+].[O-]CC1(Nc2ccccc2)CCN(CCc2cccs2)CC1. The van der Waals surface area contributed by atoms with Crippen molar-refractivity contribution in [3.05, 3.63) is 158 Å². The van der Waals surface area contributed by atoms with Gasteiger partial charge in [-0.2, -0.15) is 0 Å². The number of aliphatic hydroxyl groups is 1. The number of para-hydroxylation sites is 3. The standard InChI is InChI=1S/C19H26N2S.C18H24N2OS.C18H23N2OS.C6H14O3.Na/c1-2-19(20-17-7-4-3-5-8-17)11-14-21(15-12-19)13-10-18-9-6-16-22-18;2*21-15-18(19-16-5-2-1-3-6-16)9-12-20(13-10-18)11-8-17-7-4-14-22-17;1-7-3-5-9-6-4-8-2;/h3-9,16,20H,2,10-15H2,1H3;1-7,14,19,21H,8-13,15H2;1-7,14,19H,8-13,15H2;3-6H2,1-2H3;/q;;-1;;+1. The summed E-state index contributed by atoms with van der Waals surface area (Å²) in [6, 6.07) is 44.1. The Bertz CT molecular complexity index is 2020. The average molecular weight is 1100 g/mol. The molecule has 0 radical (unpaired) electrons. The number of ether oxygens (including phenoxy) is 3. The van der Waals surface area contributed by atoms with Gasteiger partial charge in [0, 0.05) is 116 Å². The van der Waals surface area contributed by atoms with Crippen LogP contribution in [0.5, 0.6) is 0 Å². The van der Waals surface area contributed by atoms with E-state index in [9.17, 15) is 10.2 Å². The van der Waals surface area contributed by atoms with Crippen LogP contribution in [0.1, 0.15) is 66.5 Å². The zero-order chi connectivity index (χ0) is 52.7. The van der Waals surface area contributed by atoms with E-state index in [-0.39, 0.29) is 59.4 Å². The summed E-state index contributed by atoms with van der Waals surface area (Å²) in [5.74, 6) is 0. The molecular weight excluding hydrogens is 1020 g/mol. The van der Waals surface area contributed by atoms with Gasteiger partial charge in [0.1, 0.15) is 0 Å². The summed E-state index contributed by atoms with van der Waals surface area (Å²) >= 11 is 5.55. The fourth-order valence-electron chi connectivity index (χ4n) is 9.85. The zero-order valence-corrected chi connectivity index (χ0v) is 50.6. The normalized spacial score (nSPS) is 17.0. The van der Waals surface area contributed by atoms with Gasteiger partial charge < -0.3 is 55.1 Å². The summed E-state index contributed by atoms with van der Waals surface area (Å²) < 4.78 is 14.6. The van der Waals surface area contributed by atoms with Crippen LogP contribution in [0.3, 0.4) is 0 Å². The second kappa shape index (κ2) is 36.2. The smallest absolute Gasteiger partial charge is 0.853 e. The maximum absolute atomic E-state index is 11.8. The first-order chi connectivity index (χ1) is 36.8. The summed E-state index contributed by atoms with van der Waals surface area (Å²) in [7, 11) is 3.30. The van der Waals surface area contributed by atoms with Crippen molar-refractivity contribution >= 4 is 51.1 Å². The van der Waals surface area contributed by atoms with E-state index in [0.717, 1.165) is 89.2 Å². The predicted molar refractivity (Wildman–Crippen MR) is 316 cm³/mol. The van der Waals surface area contributed by atoms with Gasteiger partial charge in [-0.1, -0.05) is 79.7 Å². The number of nitrogens with one attached hydrogen (secondary N) is 3. The summed E-state index contributed by atoms with van der Waals surface area (Å²) in [6.45, 7) is 15.0. The molecule has 76 heavy (non-hydrogen) atoms. The van der Waals surface area contributed by atoms with Crippen LogP contribution in [0.4, 0.5) is 17.1 Å². The summed E-state index contributed by atoms with van der Waals surface area (Å²) in [5.41, 5.74) is 3.26. The average Bonchev–Trinajstić information content (AvgIpc) is 4.31. The minimum Gasteiger partial charge on any atom is -0.853 e. The van der Waals surface area contributed by atoms with Gasteiger partial charge in [-0.15, -0.1) is 40.6 Å². The number of aliphatic hydroxyl groups excluding tert-OH is 1. The van der Waals surface area contributed by atoms with Gasteiger partial charge >= 0.3 is 29.6 Å². The van der Waals surface area contributed by atoms with Gasteiger partial charge in [-0.3, -0.25) is 0 Å². The topological polar surface area (TPSA) is 117 Å². The Morgan fingerprint density at radius 2 is 0.803 bits per heavy atom. The summed E-state index contributed by atoms with van der Waals surface area (Å²) in [6.07, 6.45) is 11.0. The maximum atomic E-state index is 11.8. The van der Waals surface area contributed by atoms with Crippen molar-refractivity contribution in [2.24, 2.45) is 0 Å². The Morgan fingerprint density at radius 3 is 1.11 bits per heavy atom. The number of piperidine rings is 3. The number of anilines is 3. The van der Waals surface area contributed by atoms with Crippen LogP contribution < -0.4 is 50.6 Å². The third-order valence-corrected chi connectivity index (χ3v) is 17.7. The Kier molecular flexibility index (Phi) is 30.3. The molecule has 0 spiro atoms. The molecule has 0 bridgehead atoms. The van der Waals surface area contributed by atoms with Crippen LogP contribution in [0.25, 0.3) is 0 Å². The molecule has 0 unspecified atom stereocenters. The van der Waals surface area contributed by atoms with Crippen molar-refractivity contribution in [2.45, 2.75) is 87.7 Å². The largest absolute Gasteiger partial charge is 1.00 e. The van der Waals surface area contributed by atoms with Crippen LogP contribution in [0.15, 0.2) is 144 Å². The minimum absolute atomic E-state index is 0. The van der Waals surface area contributed by atoms with Gasteiger partial charge in [0.2, 0.25) is 0 Å². The number of methoxy groups -OCH3 is 2. The molecule has 0 saturated carbocycles. The van der Waals surface area contributed by atoms with Crippen LogP contribution in [0.2, 0.25) is 0 Å². The third kappa shape index (κ3) is 22.9. The number of hydrogen-bond donors (Lipinski definition) is 4. The first kappa shape index (κ1) is 63.7. The molecule has 3 saturated heterocycles. The van der Waals surface area contributed by atoms with Crippen LogP contribution in [-0.2, 0) is 33.5 Å². The number of rotatable bonds is 24. The summed E-state index contributed by atoms with van der Waals surface area (Å²) in [4.78, 5) is 12.0. The molecular formula is C61H87N6NaO5S3. The molecule has 0 atom stereocenters. The minimum atomic E-state index is -0.277. The third-order valence-electron chi connectivity index (χ3n) is 14.9. The van der Waals surface area contributed by atoms with E-state index in [4.69, 9.17) is 14.2 Å². The van der Waals surface area contributed by atoms with Crippen LogP contribution >= 0.6 is 34.0 Å². The van der Waals surface area contributed by atoms with Crippen molar-refractivity contribution in [3.63, 3.8) is 0 Å². The van der Waals surface area contributed by atoms with E-state index in [2.05, 4.69) is 133 Å². The quantitative estimate of drug-likeness (QED) is 0.0352. The van der Waals surface area contributed by atoms with E-state index in [0.29, 0.717) is 26.4 Å². The Morgan fingerprint density at radius 1 is 0.474 bits per heavy atom. The first-order valence-electron chi connectivity index (χ1n) is 27.3. The van der Waals surface area contributed by atoms with Crippen molar-refractivity contribution in [3.8, 4) is 0 Å². The molecule has 3 aromatic heterocycles. The predicted octanol–water partition coefficient (Wildman–Crippen LogP) is 7.77. The van der Waals surface area contributed by atoms with Crippen molar-refractivity contribution in [1.82, 2.24) is 14.7 Å². The Hall–Kier alpha value is -3.16. The molecule has 0 amide bonds. The van der Waals surface area contributed by atoms with E-state index < -0.39 is 0 Å². The fourth-order valence-corrected chi connectivity index (χ4v) is 11.9. The monoisotopic (exact) mass is 1100 g/mol. The molecule has 15 heteroatoms. The number of nitrogens with zero attached hydrogens (tertiary/aromatic N) is 3. The van der Waals surface area contributed by atoms with Crippen LogP contribution in [0, 0.1) is 0 Å². The number of benzene rings is 3. The van der Waals surface area contributed by atoms with Gasteiger partial charge in [-0.05, 0) is 135 Å². The fraction of sp³-hybridized carbons (Fsp3) is 0.508. The number of hydrogen-bond acceptors (Lipinski definition) is 14. The van der Waals surface area contributed by atoms with Gasteiger partial charge in [-0.25, -0.2) is 0 Å². The molecule has 410 valence electrons. The zero-order valence-electron chi connectivity index (χ0n) is 46.2. The molecule has 9 rings (SSSR count). The first-order valence-corrected chi connectivity index (χ1v) is 29.9. The second-order valence-electron chi connectivity index (χ2n) is 20.1. The molecule has 3 aromatic carbocycles. The van der Waals surface area contributed by atoms with E-state index in [1.54, 1.807) is 14.2 Å². The molecule has 11 nitrogen and oxygen atoms in total.